The molecule has 4 fully saturated rings. The topological polar surface area (TPSA) is 113 Å². The lowest BCUT2D eigenvalue weighted by molar-refractivity contribution is -0.605. The molecule has 4 heterocycles. The molecule has 1 saturated carbocycles. The number of piperidine rings is 3. The summed E-state index contributed by atoms with van der Waals surface area (Å²) in [4.78, 5) is 29.9. The second-order valence-corrected chi connectivity index (χ2v) is 14.9. The van der Waals surface area contributed by atoms with Crippen LogP contribution in [0.4, 0.5) is 18.9 Å². The van der Waals surface area contributed by atoms with Gasteiger partial charge in [0.05, 0.1) is 12.2 Å². The minimum atomic E-state index is -3.10. The molecule has 8 rings (SSSR count). The molecule has 15 heteroatoms. The molecule has 3 atom stereocenters. The van der Waals surface area contributed by atoms with Gasteiger partial charge < -0.3 is 29.5 Å². The predicted octanol–water partition coefficient (Wildman–Crippen LogP) is 8.09. The first-order valence-corrected chi connectivity index (χ1v) is 18.8. The van der Waals surface area contributed by atoms with Crippen LogP contribution in [0.15, 0.2) is 79.1 Å². The summed E-state index contributed by atoms with van der Waals surface area (Å²) in [6, 6.07) is 15.0. The van der Waals surface area contributed by atoms with Crippen LogP contribution in [-0.2, 0) is 20.7 Å². The Kier molecular flexibility index (Phi) is 11.9. The molecule has 1 unspecified atom stereocenters. The lowest BCUT2D eigenvalue weighted by Crippen LogP contribution is -2.52. The van der Waals surface area contributed by atoms with E-state index in [9.17, 15) is 28.0 Å². The molecule has 0 amide bonds. The monoisotopic (exact) mass is 799 g/mol. The van der Waals surface area contributed by atoms with Gasteiger partial charge in [0.25, 0.3) is 0 Å². The lowest BCUT2D eigenvalue weighted by atomic mass is 9.86. The van der Waals surface area contributed by atoms with E-state index in [1.54, 1.807) is 18.2 Å². The van der Waals surface area contributed by atoms with Gasteiger partial charge in [0.15, 0.2) is 29.9 Å². The maximum absolute atomic E-state index is 14.4. The van der Waals surface area contributed by atoms with Gasteiger partial charge >= 0.3 is 18.6 Å². The molecule has 2 bridgehead atoms. The first kappa shape index (κ1) is 38.6. The number of anilines is 1. The number of hydrogen-bond acceptors (Lipinski definition) is 9. The molecule has 55 heavy (non-hydrogen) atoms. The molecule has 290 valence electrons. The Hall–Kier alpha value is -4.72. The van der Waals surface area contributed by atoms with Crippen molar-refractivity contribution in [2.75, 3.05) is 31.6 Å². The zero-order valence-electron chi connectivity index (χ0n) is 29.5. The van der Waals surface area contributed by atoms with E-state index in [-0.39, 0.29) is 52.2 Å². The second-order valence-electron chi connectivity index (χ2n) is 14.1. The Labute approximate surface area is 325 Å². The van der Waals surface area contributed by atoms with Gasteiger partial charge in [-0.15, -0.1) is 0 Å². The number of halogens is 5. The Morgan fingerprint density at radius 2 is 1.67 bits per heavy atom. The number of benzene rings is 3. The highest BCUT2D eigenvalue weighted by Gasteiger charge is 2.38. The highest BCUT2D eigenvalue weighted by molar-refractivity contribution is 6.35. The number of ether oxygens (including phenoxy) is 4. The van der Waals surface area contributed by atoms with E-state index in [4.69, 9.17) is 42.1 Å². The highest BCUT2D eigenvalue weighted by Crippen LogP contribution is 2.38. The third-order valence-corrected chi connectivity index (χ3v) is 10.8. The van der Waals surface area contributed by atoms with Crippen molar-refractivity contribution in [1.82, 2.24) is 4.90 Å². The smallest absolute Gasteiger partial charge is 0.387 e. The zero-order valence-corrected chi connectivity index (χ0v) is 31.0. The minimum Gasteiger partial charge on any atom is -0.619 e. The molecule has 3 aromatic carbocycles. The van der Waals surface area contributed by atoms with E-state index in [0.717, 1.165) is 51.2 Å². The fourth-order valence-electron chi connectivity index (χ4n) is 6.99. The summed E-state index contributed by atoms with van der Waals surface area (Å²) in [5, 5.41) is 15.2. The average Bonchev–Trinajstić information content (AvgIpc) is 3.99. The van der Waals surface area contributed by atoms with Crippen molar-refractivity contribution in [3.05, 3.63) is 122 Å². The van der Waals surface area contributed by atoms with Crippen LogP contribution in [-0.4, -0.2) is 55.8 Å². The molecule has 0 radical (unpaired) electrons. The molecule has 1 aromatic heterocycles. The number of nitrogens with one attached hydrogen (secondary N) is 1. The standard InChI is InChI=1S/C40H38Cl2F3N3O7/c41-31-19-48(51)20-32(42)30(31)18-34(25-9-10-33(55-40(44)45)35(17-25)52-22-23-7-8-23)53-38(49)27-4-2-6-29(16-27)46-37(26-3-1-5-28(43)15-26)39(50)54-36-21-47-13-11-24(36)12-14-47/h1-6,9-10,15-17,19-20,23-24,34,36-37,40,46H,7-8,11-14,18,21-22H2/t34-,36-,37?/m0/s1. The lowest BCUT2D eigenvalue weighted by Gasteiger charge is -2.44. The summed E-state index contributed by atoms with van der Waals surface area (Å²) in [6.07, 6.45) is 4.49. The Morgan fingerprint density at radius 1 is 0.927 bits per heavy atom. The number of carbonyl (C=O) groups excluding carboxylic acids is 2. The van der Waals surface area contributed by atoms with Crippen molar-refractivity contribution < 1.29 is 46.4 Å². The number of aromatic nitrogens is 1. The number of rotatable bonds is 15. The number of pyridine rings is 1. The number of nitrogens with zero attached hydrogens (tertiary/aromatic N) is 2. The van der Waals surface area contributed by atoms with E-state index in [1.165, 1.54) is 48.5 Å². The number of hydrogen-bond donors (Lipinski definition) is 1. The Balaban J connectivity index is 1.15. The average molecular weight is 801 g/mol. The summed E-state index contributed by atoms with van der Waals surface area (Å²) in [5.41, 5.74) is 1.43. The number of carbonyl (C=O) groups is 2. The zero-order chi connectivity index (χ0) is 38.6. The van der Waals surface area contributed by atoms with Crippen LogP contribution in [0, 0.1) is 22.9 Å². The minimum absolute atomic E-state index is 0.0196. The quantitative estimate of drug-likeness (QED) is 0.0725. The van der Waals surface area contributed by atoms with Gasteiger partial charge in [-0.1, -0.05) is 47.5 Å². The van der Waals surface area contributed by atoms with Gasteiger partial charge in [0, 0.05) is 24.2 Å². The van der Waals surface area contributed by atoms with Crippen LogP contribution < -0.4 is 19.5 Å². The first-order chi connectivity index (χ1) is 26.5. The summed E-state index contributed by atoms with van der Waals surface area (Å²) in [5.74, 6) is -1.50. The van der Waals surface area contributed by atoms with Crippen molar-refractivity contribution in [3.8, 4) is 11.5 Å². The molecule has 4 aliphatic rings. The van der Waals surface area contributed by atoms with E-state index in [2.05, 4.69) is 10.2 Å². The molecule has 3 aliphatic heterocycles. The van der Waals surface area contributed by atoms with Gasteiger partial charge in [-0.25, -0.2) is 14.0 Å². The summed E-state index contributed by atoms with van der Waals surface area (Å²) >= 11 is 12.8. The molecule has 3 saturated heterocycles. The van der Waals surface area contributed by atoms with Crippen LogP contribution in [0.5, 0.6) is 11.5 Å². The van der Waals surface area contributed by atoms with Gasteiger partial charge in [-0.3, -0.25) is 4.90 Å². The fourth-order valence-corrected chi connectivity index (χ4v) is 7.59. The van der Waals surface area contributed by atoms with Crippen molar-refractivity contribution >= 4 is 40.8 Å². The molecule has 1 aliphatic carbocycles. The van der Waals surface area contributed by atoms with Gasteiger partial charge in [-0.2, -0.15) is 13.5 Å². The maximum Gasteiger partial charge on any atom is 0.387 e. The SMILES string of the molecule is O=C(O[C@@H](Cc1c(Cl)c[n+]([O-])cc1Cl)c1ccc(OC(F)F)c(OCC2CC2)c1)c1cccc(NC(C(=O)O[C@H]2CN3CCC2CC3)c2cccc(F)c2)c1. The predicted molar refractivity (Wildman–Crippen MR) is 197 cm³/mol. The van der Waals surface area contributed by atoms with Crippen LogP contribution >= 0.6 is 23.2 Å². The van der Waals surface area contributed by atoms with E-state index >= 15 is 0 Å². The van der Waals surface area contributed by atoms with Crippen LogP contribution in [0.3, 0.4) is 0 Å². The van der Waals surface area contributed by atoms with Crippen molar-refractivity contribution in [2.45, 2.75) is 57.0 Å². The molecule has 10 nitrogen and oxygen atoms in total. The van der Waals surface area contributed by atoms with Crippen molar-refractivity contribution in [2.24, 2.45) is 11.8 Å². The second kappa shape index (κ2) is 17.0. The van der Waals surface area contributed by atoms with Crippen molar-refractivity contribution in [3.63, 3.8) is 0 Å². The maximum atomic E-state index is 14.4. The Bertz CT molecular complexity index is 2010. The molecule has 0 spiro atoms. The number of alkyl halides is 2. The summed E-state index contributed by atoms with van der Waals surface area (Å²) < 4.78 is 64.1. The highest BCUT2D eigenvalue weighted by atomic mass is 35.5. The normalized spacial score (nSPS) is 20.1. The fraction of sp³-hybridized carbons (Fsp3) is 0.375. The van der Waals surface area contributed by atoms with Crippen molar-refractivity contribution in [1.29, 1.82) is 0 Å². The van der Waals surface area contributed by atoms with Gasteiger partial charge in [0.1, 0.15) is 28.1 Å². The van der Waals surface area contributed by atoms with Crippen LogP contribution in [0.1, 0.15) is 64.9 Å². The van der Waals surface area contributed by atoms with Gasteiger partial charge in [-0.05, 0) is 104 Å². The molecule has 1 N–H and O–H groups in total. The molecular formula is C40H38Cl2F3N3O7. The largest absolute Gasteiger partial charge is 0.619 e. The Morgan fingerprint density at radius 3 is 2.35 bits per heavy atom. The van der Waals surface area contributed by atoms with Crippen LogP contribution in [0.2, 0.25) is 10.0 Å². The van der Waals surface area contributed by atoms with Gasteiger partial charge in [0.2, 0.25) is 0 Å². The number of esters is 2. The van der Waals surface area contributed by atoms with Crippen LogP contribution in [0.25, 0.3) is 0 Å². The third-order valence-electron chi connectivity index (χ3n) is 10.1. The third kappa shape index (κ3) is 9.75. The molecular weight excluding hydrogens is 762 g/mol. The van der Waals surface area contributed by atoms with E-state index in [0.29, 0.717) is 39.6 Å². The summed E-state index contributed by atoms with van der Waals surface area (Å²) in [7, 11) is 0. The van der Waals surface area contributed by atoms with E-state index < -0.39 is 36.5 Å². The summed E-state index contributed by atoms with van der Waals surface area (Å²) in [6.45, 7) is -0.244. The molecule has 4 aromatic rings. The number of fused-ring (bicyclic) bond motifs is 3. The van der Waals surface area contributed by atoms with E-state index in [1.807, 2.05) is 0 Å². The first-order valence-electron chi connectivity index (χ1n) is 18.0.